The molecule has 27 heavy (non-hydrogen) atoms. The van der Waals surface area contributed by atoms with Crippen LogP contribution in [-0.2, 0) is 16.0 Å². The van der Waals surface area contributed by atoms with Crippen LogP contribution in [0.25, 0.3) is 0 Å². The van der Waals surface area contributed by atoms with Crippen molar-refractivity contribution < 1.29 is 19.8 Å². The van der Waals surface area contributed by atoms with Crippen LogP contribution in [0, 0.1) is 19.1 Å². The van der Waals surface area contributed by atoms with Crippen molar-refractivity contribution in [3.63, 3.8) is 0 Å². The highest BCUT2D eigenvalue weighted by atomic mass is 16.4. The van der Waals surface area contributed by atoms with Crippen molar-refractivity contribution >= 4 is 11.9 Å². The van der Waals surface area contributed by atoms with Gasteiger partial charge in [-0.3, -0.25) is 4.79 Å². The average molecular weight is 373 g/mol. The standard InChI is InChI=1S/C22H31NO4/c1-3-4-5-6-7-8-9-10-11-12-21(25)23-20(22(26)27)16-18-13-14-19(24)15-17(18)2/h11-12,15,20,24H,3-10,16H2,1-2H3,(H,23,25)(H,26,27). The summed E-state index contributed by atoms with van der Waals surface area (Å²) in [6.45, 7) is 3.95. The van der Waals surface area contributed by atoms with E-state index in [-0.39, 0.29) is 12.2 Å². The van der Waals surface area contributed by atoms with Crippen molar-refractivity contribution in [1.29, 1.82) is 0 Å². The summed E-state index contributed by atoms with van der Waals surface area (Å²) < 4.78 is 0. The third kappa shape index (κ3) is 9.69. The van der Waals surface area contributed by atoms with Gasteiger partial charge in [0.05, 0.1) is 0 Å². The van der Waals surface area contributed by atoms with E-state index in [9.17, 15) is 19.8 Å². The van der Waals surface area contributed by atoms with Crippen LogP contribution >= 0.6 is 0 Å². The summed E-state index contributed by atoms with van der Waals surface area (Å²) in [5, 5.41) is 21.2. The van der Waals surface area contributed by atoms with E-state index < -0.39 is 17.9 Å². The van der Waals surface area contributed by atoms with Gasteiger partial charge >= 0.3 is 5.97 Å². The molecule has 0 aliphatic carbocycles. The van der Waals surface area contributed by atoms with Gasteiger partial charge < -0.3 is 15.5 Å². The highest BCUT2D eigenvalue weighted by Crippen LogP contribution is 2.13. The molecule has 0 aliphatic rings. The number of carboxylic acids is 1. The molecule has 0 heterocycles. The first-order valence-electron chi connectivity index (χ1n) is 9.76. The predicted molar refractivity (Wildman–Crippen MR) is 106 cm³/mol. The molecule has 0 saturated carbocycles. The minimum absolute atomic E-state index is 0.0412. The van der Waals surface area contributed by atoms with Gasteiger partial charge in [0.15, 0.2) is 5.75 Å². The molecule has 1 unspecified atom stereocenters. The Hall–Kier alpha value is -2.48. The third-order valence-electron chi connectivity index (χ3n) is 4.44. The monoisotopic (exact) mass is 373 g/mol. The molecule has 1 rings (SSSR count). The highest BCUT2D eigenvalue weighted by molar-refractivity contribution is 5.91. The first-order chi connectivity index (χ1) is 12.9. The first kappa shape index (κ1) is 22.6. The van der Waals surface area contributed by atoms with E-state index in [0.717, 1.165) is 19.3 Å². The number of aromatic hydroxyl groups is 1. The Balaban J connectivity index is 2.37. The fraction of sp³-hybridized carbons (Fsp3) is 0.545. The maximum Gasteiger partial charge on any atom is 0.326 e. The van der Waals surface area contributed by atoms with Crippen molar-refractivity contribution in [2.45, 2.75) is 77.7 Å². The molecule has 0 saturated heterocycles. The molecule has 1 aromatic rings. The predicted octanol–water partition coefficient (Wildman–Crippen LogP) is 4.11. The third-order valence-corrected chi connectivity index (χ3v) is 4.44. The lowest BCUT2D eigenvalue weighted by Crippen LogP contribution is -2.41. The van der Waals surface area contributed by atoms with Crippen LogP contribution in [0.1, 0.15) is 69.4 Å². The number of carbonyl (C=O) groups is 2. The lowest BCUT2D eigenvalue weighted by molar-refractivity contribution is -0.141. The highest BCUT2D eigenvalue weighted by Gasteiger charge is 2.20. The fourth-order valence-electron chi connectivity index (χ4n) is 2.81. The fourth-order valence-corrected chi connectivity index (χ4v) is 2.81. The molecule has 5 heteroatoms. The van der Waals surface area contributed by atoms with Crippen LogP contribution < -0.4 is 5.32 Å². The van der Waals surface area contributed by atoms with Crippen molar-refractivity contribution in [2.75, 3.05) is 0 Å². The molecule has 1 aromatic carbocycles. The van der Waals surface area contributed by atoms with Crippen LogP contribution in [0.2, 0.25) is 0 Å². The van der Waals surface area contributed by atoms with Gasteiger partial charge in [0.25, 0.3) is 0 Å². The number of hydrogen-bond donors (Lipinski definition) is 3. The topological polar surface area (TPSA) is 86.6 Å². The summed E-state index contributed by atoms with van der Waals surface area (Å²) in [6.07, 6.45) is 12.6. The summed E-state index contributed by atoms with van der Waals surface area (Å²) in [4.78, 5) is 23.4. The molecule has 0 bridgehead atoms. The lowest BCUT2D eigenvalue weighted by atomic mass is 10.0. The zero-order valence-electron chi connectivity index (χ0n) is 16.4. The number of hydrogen-bond acceptors (Lipinski definition) is 3. The van der Waals surface area contributed by atoms with Gasteiger partial charge in [-0.1, -0.05) is 57.6 Å². The van der Waals surface area contributed by atoms with Gasteiger partial charge in [-0.15, -0.1) is 0 Å². The van der Waals surface area contributed by atoms with E-state index in [4.69, 9.17) is 0 Å². The Morgan fingerprint density at radius 1 is 1.15 bits per heavy atom. The molecule has 0 spiro atoms. The molecular formula is C22H31NO4. The maximum atomic E-state index is 12.0. The van der Waals surface area contributed by atoms with Crippen molar-refractivity contribution in [3.8, 4) is 5.75 Å². The van der Waals surface area contributed by atoms with E-state index in [2.05, 4.69) is 24.4 Å². The Morgan fingerprint density at radius 3 is 2.44 bits per heavy atom. The summed E-state index contributed by atoms with van der Waals surface area (Å²) >= 11 is 0. The van der Waals surface area contributed by atoms with Crippen LogP contribution in [0.3, 0.4) is 0 Å². The molecule has 3 N–H and O–H groups in total. The van der Waals surface area contributed by atoms with Crippen LogP contribution in [0.4, 0.5) is 0 Å². The number of aliphatic carboxylic acids is 1. The normalized spacial score (nSPS) is 11.9. The lowest BCUT2D eigenvalue weighted by Gasteiger charge is -2.13. The molecule has 0 radical (unpaired) electrons. The SMILES string of the molecule is CCCCCCCCCC=CC(=O)NC(Cc1c#cc(O)cc1C)C(=O)O. The van der Waals surface area contributed by atoms with E-state index in [1.54, 1.807) is 13.0 Å². The van der Waals surface area contributed by atoms with Gasteiger partial charge in [0, 0.05) is 12.0 Å². The Kier molecular flexibility index (Phi) is 10.7. The summed E-state index contributed by atoms with van der Waals surface area (Å²) in [5.41, 5.74) is 1.31. The molecule has 1 amide bonds. The van der Waals surface area contributed by atoms with Crippen molar-refractivity contribution in [1.82, 2.24) is 5.32 Å². The number of allylic oxidation sites excluding steroid dienone is 1. The van der Waals surface area contributed by atoms with Crippen molar-refractivity contribution in [3.05, 3.63) is 41.5 Å². The number of amides is 1. The van der Waals surface area contributed by atoms with E-state index in [0.29, 0.717) is 11.1 Å². The van der Waals surface area contributed by atoms with Gasteiger partial charge in [-0.2, -0.15) is 0 Å². The number of aryl methyl sites for hydroxylation is 1. The largest absolute Gasteiger partial charge is 0.501 e. The minimum Gasteiger partial charge on any atom is -0.501 e. The van der Waals surface area contributed by atoms with Crippen LogP contribution in [0.15, 0.2) is 18.2 Å². The number of nitrogens with one attached hydrogen (secondary N) is 1. The number of rotatable bonds is 13. The van der Waals surface area contributed by atoms with Gasteiger partial charge in [0.2, 0.25) is 5.91 Å². The zero-order valence-corrected chi connectivity index (χ0v) is 16.4. The number of carbonyl (C=O) groups excluding carboxylic acids is 1. The van der Waals surface area contributed by atoms with Crippen LogP contribution in [0.5, 0.6) is 5.75 Å². The van der Waals surface area contributed by atoms with Gasteiger partial charge in [-0.25, -0.2) is 4.79 Å². The smallest absolute Gasteiger partial charge is 0.326 e. The van der Waals surface area contributed by atoms with Crippen molar-refractivity contribution in [2.24, 2.45) is 0 Å². The second kappa shape index (κ2) is 12.8. The molecule has 148 valence electrons. The minimum atomic E-state index is -1.11. The average Bonchev–Trinajstić information content (AvgIpc) is 2.61. The van der Waals surface area contributed by atoms with E-state index in [1.807, 2.05) is 0 Å². The quantitative estimate of drug-likeness (QED) is 0.359. The number of carboxylic acid groups (broad SMARTS) is 1. The second-order valence-electron chi connectivity index (χ2n) is 6.86. The molecule has 1 atom stereocenters. The molecule has 5 nitrogen and oxygen atoms in total. The first-order valence-corrected chi connectivity index (χ1v) is 9.76. The summed E-state index contributed by atoms with van der Waals surface area (Å²) in [6, 6.07) is 5.71. The van der Waals surface area contributed by atoms with Gasteiger partial charge in [0.1, 0.15) is 6.04 Å². The summed E-state index contributed by atoms with van der Waals surface area (Å²) in [5.74, 6) is -1.56. The Morgan fingerprint density at radius 2 is 1.81 bits per heavy atom. The molecular weight excluding hydrogens is 342 g/mol. The second-order valence-corrected chi connectivity index (χ2v) is 6.86. The van der Waals surface area contributed by atoms with E-state index >= 15 is 0 Å². The molecule has 0 aromatic heterocycles. The Labute approximate surface area is 162 Å². The molecule has 0 aliphatic heterocycles. The number of unbranched alkanes of at least 4 members (excludes halogenated alkanes) is 7. The maximum absolute atomic E-state index is 12.0. The van der Waals surface area contributed by atoms with Gasteiger partial charge in [-0.05, 0) is 43.5 Å². The molecule has 0 fully saturated rings. The summed E-state index contributed by atoms with van der Waals surface area (Å²) in [7, 11) is 0. The Bertz CT molecular complexity index is 625. The zero-order chi connectivity index (χ0) is 20.1. The van der Waals surface area contributed by atoms with Crippen LogP contribution in [-0.4, -0.2) is 28.1 Å². The van der Waals surface area contributed by atoms with E-state index in [1.165, 1.54) is 44.2 Å².